The summed E-state index contributed by atoms with van der Waals surface area (Å²) in [4.78, 5) is 6.82. The second-order valence-electron chi connectivity index (χ2n) is 5.74. The first-order valence-electron chi connectivity index (χ1n) is 7.60. The van der Waals surface area contributed by atoms with Crippen LogP contribution in [0.2, 0.25) is 0 Å². The average molecular weight is 265 g/mol. The maximum Gasteiger partial charge on any atom is 0.297 e. The Bertz CT molecular complexity index is 377. The van der Waals surface area contributed by atoms with Gasteiger partial charge in [-0.3, -0.25) is 0 Å². The first-order chi connectivity index (χ1) is 9.22. The van der Waals surface area contributed by atoms with Gasteiger partial charge in [-0.2, -0.15) is 4.98 Å². The lowest BCUT2D eigenvalue weighted by Crippen LogP contribution is -2.39. The van der Waals surface area contributed by atoms with Crippen molar-refractivity contribution in [2.24, 2.45) is 5.92 Å². The zero-order chi connectivity index (χ0) is 13.7. The summed E-state index contributed by atoms with van der Waals surface area (Å²) >= 11 is 0. The fraction of sp³-hybridized carbons (Fsp3) is 0.800. The Morgan fingerprint density at radius 2 is 2.21 bits per heavy atom. The van der Waals surface area contributed by atoms with Crippen LogP contribution in [0.1, 0.15) is 51.6 Å². The third-order valence-corrected chi connectivity index (χ3v) is 4.14. The van der Waals surface area contributed by atoms with Crippen molar-refractivity contribution in [3.8, 4) is 0 Å². The molecule has 1 N–H and O–H groups in total. The molecular weight excluding hydrogens is 238 g/mol. The molecule has 0 amide bonds. The van der Waals surface area contributed by atoms with Crippen LogP contribution in [-0.4, -0.2) is 24.6 Å². The first-order valence-corrected chi connectivity index (χ1v) is 7.60. The molecule has 1 aliphatic rings. The van der Waals surface area contributed by atoms with Gasteiger partial charge >= 0.3 is 0 Å². The summed E-state index contributed by atoms with van der Waals surface area (Å²) in [5, 5.41) is 3.35. The van der Waals surface area contributed by atoms with Crippen molar-refractivity contribution < 1.29 is 4.42 Å². The van der Waals surface area contributed by atoms with Crippen LogP contribution in [-0.2, 0) is 6.54 Å². The van der Waals surface area contributed by atoms with E-state index >= 15 is 0 Å². The van der Waals surface area contributed by atoms with Gasteiger partial charge in [0, 0.05) is 19.6 Å². The highest BCUT2D eigenvalue weighted by Gasteiger charge is 2.27. The van der Waals surface area contributed by atoms with E-state index in [1.54, 1.807) is 6.26 Å². The number of hydrogen-bond donors (Lipinski definition) is 1. The third kappa shape index (κ3) is 3.72. The monoisotopic (exact) mass is 265 g/mol. The molecule has 0 aromatic carbocycles. The quantitative estimate of drug-likeness (QED) is 0.802. The second-order valence-corrected chi connectivity index (χ2v) is 5.74. The molecule has 108 valence electrons. The molecular formula is C15H27N3O. The lowest BCUT2D eigenvalue weighted by atomic mass is 9.85. The molecule has 1 heterocycles. The molecule has 4 heteroatoms. The van der Waals surface area contributed by atoms with Crippen LogP contribution < -0.4 is 10.2 Å². The number of aromatic nitrogens is 1. The van der Waals surface area contributed by atoms with E-state index in [4.69, 9.17) is 4.42 Å². The standard InChI is InChI=1S/C15H27N3O/c1-4-9-16-10-13-11-19-15(17-13)18(3)14-8-6-5-7-12(14)2/h11-12,14,16H,4-10H2,1-3H3. The minimum atomic E-state index is 0.573. The molecule has 0 saturated heterocycles. The number of oxazole rings is 1. The predicted octanol–water partition coefficient (Wildman–Crippen LogP) is 3.19. The summed E-state index contributed by atoms with van der Waals surface area (Å²) in [6.07, 6.45) is 8.19. The highest BCUT2D eigenvalue weighted by Crippen LogP contribution is 2.29. The number of nitrogens with zero attached hydrogens (tertiary/aromatic N) is 2. The van der Waals surface area contributed by atoms with Gasteiger partial charge in [-0.1, -0.05) is 26.7 Å². The molecule has 1 aromatic rings. The Morgan fingerprint density at radius 3 is 2.95 bits per heavy atom. The number of nitrogens with one attached hydrogen (secondary N) is 1. The SMILES string of the molecule is CCCNCc1coc(N(C)C2CCCCC2C)n1. The van der Waals surface area contributed by atoms with Crippen molar-refractivity contribution >= 4 is 6.01 Å². The van der Waals surface area contributed by atoms with Crippen LogP contribution >= 0.6 is 0 Å². The molecule has 2 atom stereocenters. The van der Waals surface area contributed by atoms with Gasteiger partial charge in [0.05, 0.1) is 5.69 Å². The fourth-order valence-corrected chi connectivity index (χ4v) is 2.95. The van der Waals surface area contributed by atoms with Gasteiger partial charge in [0.25, 0.3) is 6.01 Å². The van der Waals surface area contributed by atoms with Gasteiger partial charge < -0.3 is 14.6 Å². The van der Waals surface area contributed by atoms with Gasteiger partial charge in [-0.15, -0.1) is 0 Å². The van der Waals surface area contributed by atoms with Crippen molar-refractivity contribution in [1.29, 1.82) is 0 Å². The summed E-state index contributed by atoms with van der Waals surface area (Å²) in [7, 11) is 2.11. The van der Waals surface area contributed by atoms with E-state index in [0.717, 1.165) is 37.1 Å². The molecule has 0 bridgehead atoms. The van der Waals surface area contributed by atoms with E-state index in [2.05, 4.69) is 36.1 Å². The first kappa shape index (κ1) is 14.4. The normalized spacial score (nSPS) is 23.5. The molecule has 2 rings (SSSR count). The fourth-order valence-electron chi connectivity index (χ4n) is 2.95. The van der Waals surface area contributed by atoms with Crippen LogP contribution in [0.15, 0.2) is 10.7 Å². The molecule has 1 aromatic heterocycles. The zero-order valence-electron chi connectivity index (χ0n) is 12.5. The van der Waals surface area contributed by atoms with Crippen LogP contribution in [0.4, 0.5) is 6.01 Å². The minimum absolute atomic E-state index is 0.573. The molecule has 1 saturated carbocycles. The zero-order valence-corrected chi connectivity index (χ0v) is 12.5. The van der Waals surface area contributed by atoms with Crippen LogP contribution in [0.3, 0.4) is 0 Å². The lowest BCUT2D eigenvalue weighted by Gasteiger charge is -2.35. The van der Waals surface area contributed by atoms with E-state index in [9.17, 15) is 0 Å². The van der Waals surface area contributed by atoms with E-state index < -0.39 is 0 Å². The van der Waals surface area contributed by atoms with Gasteiger partial charge in [-0.25, -0.2) is 0 Å². The predicted molar refractivity (Wildman–Crippen MR) is 78.3 cm³/mol. The Kier molecular flexibility index (Phi) is 5.25. The van der Waals surface area contributed by atoms with E-state index in [1.165, 1.54) is 25.7 Å². The highest BCUT2D eigenvalue weighted by atomic mass is 16.4. The van der Waals surface area contributed by atoms with Crippen LogP contribution in [0, 0.1) is 5.92 Å². The van der Waals surface area contributed by atoms with E-state index in [1.807, 2.05) is 0 Å². The Hall–Kier alpha value is -1.03. The maximum absolute atomic E-state index is 5.63. The van der Waals surface area contributed by atoms with Gasteiger partial charge in [-0.05, 0) is 31.7 Å². The lowest BCUT2D eigenvalue weighted by molar-refractivity contribution is 0.311. The van der Waals surface area contributed by atoms with Crippen molar-refractivity contribution in [3.05, 3.63) is 12.0 Å². The largest absolute Gasteiger partial charge is 0.432 e. The maximum atomic E-state index is 5.63. The molecule has 1 aliphatic carbocycles. The summed E-state index contributed by atoms with van der Waals surface area (Å²) < 4.78 is 5.63. The van der Waals surface area contributed by atoms with E-state index in [0.29, 0.717) is 6.04 Å². The Balaban J connectivity index is 1.93. The molecule has 2 unspecified atom stereocenters. The number of anilines is 1. The van der Waals surface area contributed by atoms with Crippen molar-refractivity contribution in [1.82, 2.24) is 10.3 Å². The van der Waals surface area contributed by atoms with Crippen LogP contribution in [0.25, 0.3) is 0 Å². The average Bonchev–Trinajstić information content (AvgIpc) is 2.88. The van der Waals surface area contributed by atoms with E-state index in [-0.39, 0.29) is 0 Å². The van der Waals surface area contributed by atoms with Gasteiger partial charge in [0.2, 0.25) is 0 Å². The molecule has 0 radical (unpaired) electrons. The molecule has 1 fully saturated rings. The topological polar surface area (TPSA) is 41.3 Å². The summed E-state index contributed by atoms with van der Waals surface area (Å²) in [6.45, 7) is 6.33. The molecule has 0 spiro atoms. The summed E-state index contributed by atoms with van der Waals surface area (Å²) in [5.41, 5.74) is 0.999. The molecule has 19 heavy (non-hydrogen) atoms. The molecule has 4 nitrogen and oxygen atoms in total. The molecule has 0 aliphatic heterocycles. The Morgan fingerprint density at radius 1 is 1.42 bits per heavy atom. The number of hydrogen-bond acceptors (Lipinski definition) is 4. The van der Waals surface area contributed by atoms with Crippen molar-refractivity contribution in [2.75, 3.05) is 18.5 Å². The second kappa shape index (κ2) is 6.94. The Labute approximate surface area is 116 Å². The summed E-state index contributed by atoms with van der Waals surface area (Å²) in [6, 6.07) is 1.34. The minimum Gasteiger partial charge on any atom is -0.432 e. The van der Waals surface area contributed by atoms with Crippen LogP contribution in [0.5, 0.6) is 0 Å². The smallest absolute Gasteiger partial charge is 0.297 e. The summed E-state index contributed by atoms with van der Waals surface area (Å²) in [5.74, 6) is 0.729. The number of rotatable bonds is 6. The van der Waals surface area contributed by atoms with Gasteiger partial charge in [0.15, 0.2) is 0 Å². The van der Waals surface area contributed by atoms with Gasteiger partial charge in [0.1, 0.15) is 6.26 Å². The van der Waals surface area contributed by atoms with Crippen molar-refractivity contribution in [2.45, 2.75) is 58.5 Å². The highest BCUT2D eigenvalue weighted by molar-refractivity contribution is 5.28. The third-order valence-electron chi connectivity index (χ3n) is 4.14. The van der Waals surface area contributed by atoms with Crippen molar-refractivity contribution in [3.63, 3.8) is 0 Å².